The number of aliphatic imine (C=N–C) groups is 1. The van der Waals surface area contributed by atoms with Crippen molar-refractivity contribution in [3.8, 4) is 5.88 Å². The fraction of sp³-hybridized carbons (Fsp3) is 0.550. The van der Waals surface area contributed by atoms with E-state index in [0.29, 0.717) is 18.3 Å². The standard InChI is InChI=1S/C20H28N6O.HI/c1-21-20(26-8-6-17(13-26)18-11-24-25(2)12-18)23-10-16-5-7-22-19(9-16)27-14-15-3-4-15;/h5,7,9,11-12,15,17H,3-4,6,8,10,13-14H2,1-2H3,(H,21,23);1H. The molecule has 28 heavy (non-hydrogen) atoms. The first-order valence-corrected chi connectivity index (χ1v) is 9.73. The van der Waals surface area contributed by atoms with Gasteiger partial charge in [0.2, 0.25) is 5.88 Å². The maximum atomic E-state index is 5.78. The van der Waals surface area contributed by atoms with E-state index in [0.717, 1.165) is 43.6 Å². The molecule has 1 saturated heterocycles. The van der Waals surface area contributed by atoms with Gasteiger partial charge in [-0.05, 0) is 42.4 Å². The molecule has 1 N–H and O–H groups in total. The van der Waals surface area contributed by atoms with Crippen molar-refractivity contribution in [2.24, 2.45) is 18.0 Å². The van der Waals surface area contributed by atoms with Gasteiger partial charge in [-0.3, -0.25) is 9.67 Å². The lowest BCUT2D eigenvalue weighted by atomic mass is 10.0. The minimum absolute atomic E-state index is 0. The summed E-state index contributed by atoms with van der Waals surface area (Å²) in [4.78, 5) is 11.1. The van der Waals surface area contributed by atoms with Crippen LogP contribution in [-0.4, -0.2) is 52.4 Å². The second-order valence-corrected chi connectivity index (χ2v) is 7.54. The molecule has 0 bridgehead atoms. The van der Waals surface area contributed by atoms with Gasteiger partial charge in [0.05, 0.1) is 12.8 Å². The number of hydrogen-bond donors (Lipinski definition) is 1. The van der Waals surface area contributed by atoms with Gasteiger partial charge in [-0.25, -0.2) is 4.98 Å². The Bertz CT molecular complexity index is 803. The minimum Gasteiger partial charge on any atom is -0.477 e. The van der Waals surface area contributed by atoms with Crippen molar-refractivity contribution in [3.63, 3.8) is 0 Å². The maximum Gasteiger partial charge on any atom is 0.213 e. The molecule has 0 amide bonds. The molecule has 7 nitrogen and oxygen atoms in total. The van der Waals surface area contributed by atoms with Crippen LogP contribution in [0.2, 0.25) is 0 Å². The number of hydrogen-bond acceptors (Lipinski definition) is 4. The van der Waals surface area contributed by atoms with E-state index < -0.39 is 0 Å². The summed E-state index contributed by atoms with van der Waals surface area (Å²) >= 11 is 0. The third-order valence-electron chi connectivity index (χ3n) is 5.31. The molecule has 4 rings (SSSR count). The lowest BCUT2D eigenvalue weighted by Crippen LogP contribution is -2.39. The van der Waals surface area contributed by atoms with Crippen LogP contribution in [0.25, 0.3) is 0 Å². The third-order valence-corrected chi connectivity index (χ3v) is 5.31. The summed E-state index contributed by atoms with van der Waals surface area (Å²) < 4.78 is 7.65. The lowest BCUT2D eigenvalue weighted by molar-refractivity contribution is 0.288. The van der Waals surface area contributed by atoms with Crippen LogP contribution >= 0.6 is 24.0 Å². The fourth-order valence-corrected chi connectivity index (χ4v) is 3.52. The van der Waals surface area contributed by atoms with Crippen molar-refractivity contribution in [2.75, 3.05) is 26.7 Å². The monoisotopic (exact) mass is 496 g/mol. The molecule has 1 aliphatic heterocycles. The predicted molar refractivity (Wildman–Crippen MR) is 120 cm³/mol. The first-order chi connectivity index (χ1) is 13.2. The lowest BCUT2D eigenvalue weighted by Gasteiger charge is -2.21. The fourth-order valence-electron chi connectivity index (χ4n) is 3.52. The van der Waals surface area contributed by atoms with Gasteiger partial charge < -0.3 is 15.0 Å². The summed E-state index contributed by atoms with van der Waals surface area (Å²) in [5.41, 5.74) is 2.46. The van der Waals surface area contributed by atoms with Crippen molar-refractivity contribution in [1.82, 2.24) is 25.0 Å². The normalized spacial score (nSPS) is 19.4. The summed E-state index contributed by atoms with van der Waals surface area (Å²) in [6.07, 6.45) is 9.60. The van der Waals surface area contributed by atoms with Crippen LogP contribution in [0, 0.1) is 5.92 Å². The Morgan fingerprint density at radius 1 is 1.36 bits per heavy atom. The zero-order valence-electron chi connectivity index (χ0n) is 16.5. The van der Waals surface area contributed by atoms with E-state index in [-0.39, 0.29) is 24.0 Å². The first-order valence-electron chi connectivity index (χ1n) is 9.73. The molecule has 0 radical (unpaired) electrons. The van der Waals surface area contributed by atoms with Gasteiger partial charge in [-0.2, -0.15) is 5.10 Å². The Labute approximate surface area is 183 Å². The van der Waals surface area contributed by atoms with Crippen LogP contribution in [0.1, 0.15) is 36.3 Å². The number of pyridine rings is 1. The number of aryl methyl sites for hydroxylation is 1. The molecular formula is C20H29IN6O. The van der Waals surface area contributed by atoms with E-state index in [1.54, 1.807) is 0 Å². The van der Waals surface area contributed by atoms with Gasteiger partial charge in [-0.15, -0.1) is 24.0 Å². The van der Waals surface area contributed by atoms with Crippen LogP contribution in [0.4, 0.5) is 0 Å². The Morgan fingerprint density at radius 2 is 2.21 bits per heavy atom. The largest absolute Gasteiger partial charge is 0.477 e. The van der Waals surface area contributed by atoms with Gasteiger partial charge in [-0.1, -0.05) is 0 Å². The quantitative estimate of drug-likeness (QED) is 0.379. The zero-order chi connectivity index (χ0) is 18.6. The predicted octanol–water partition coefficient (Wildman–Crippen LogP) is 2.79. The summed E-state index contributed by atoms with van der Waals surface area (Å²) in [6.45, 7) is 3.47. The van der Waals surface area contributed by atoms with Crippen molar-refractivity contribution >= 4 is 29.9 Å². The molecule has 2 aliphatic rings. The number of halogens is 1. The molecule has 1 atom stereocenters. The molecule has 2 aromatic heterocycles. The highest BCUT2D eigenvalue weighted by Gasteiger charge is 2.27. The number of rotatable bonds is 6. The number of nitrogens with one attached hydrogen (secondary N) is 1. The van der Waals surface area contributed by atoms with E-state index in [1.807, 2.05) is 43.3 Å². The molecule has 1 aliphatic carbocycles. The van der Waals surface area contributed by atoms with E-state index in [2.05, 4.69) is 31.5 Å². The highest BCUT2D eigenvalue weighted by molar-refractivity contribution is 14.0. The van der Waals surface area contributed by atoms with Crippen molar-refractivity contribution in [2.45, 2.75) is 31.7 Å². The molecule has 2 aromatic rings. The summed E-state index contributed by atoms with van der Waals surface area (Å²) in [5.74, 6) is 2.91. The molecule has 1 unspecified atom stereocenters. The highest BCUT2D eigenvalue weighted by atomic mass is 127. The van der Waals surface area contributed by atoms with Crippen molar-refractivity contribution in [3.05, 3.63) is 41.9 Å². The Balaban J connectivity index is 0.00000225. The van der Waals surface area contributed by atoms with Gasteiger partial charge in [0, 0.05) is 58.1 Å². The summed E-state index contributed by atoms with van der Waals surface area (Å²) in [7, 11) is 3.81. The average Bonchev–Trinajstić information content (AvgIpc) is 3.21. The zero-order valence-corrected chi connectivity index (χ0v) is 18.9. The number of guanidine groups is 1. The van der Waals surface area contributed by atoms with Gasteiger partial charge in [0.1, 0.15) is 0 Å². The second kappa shape index (κ2) is 9.58. The van der Waals surface area contributed by atoms with Crippen LogP contribution in [0.3, 0.4) is 0 Å². The maximum absolute atomic E-state index is 5.78. The van der Waals surface area contributed by atoms with Crippen LogP contribution in [0.15, 0.2) is 35.7 Å². The van der Waals surface area contributed by atoms with Crippen molar-refractivity contribution in [1.29, 1.82) is 0 Å². The van der Waals surface area contributed by atoms with Gasteiger partial charge in [0.15, 0.2) is 5.96 Å². The Hall–Kier alpha value is -1.84. The SMILES string of the molecule is CN=C(NCc1ccnc(OCC2CC2)c1)N1CCC(c2cnn(C)c2)C1.I. The average molecular weight is 496 g/mol. The van der Waals surface area contributed by atoms with Gasteiger partial charge in [0.25, 0.3) is 0 Å². The number of ether oxygens (including phenoxy) is 1. The molecular weight excluding hydrogens is 467 g/mol. The summed E-state index contributed by atoms with van der Waals surface area (Å²) in [5, 5.41) is 7.78. The van der Waals surface area contributed by atoms with Crippen LogP contribution < -0.4 is 10.1 Å². The van der Waals surface area contributed by atoms with Crippen molar-refractivity contribution < 1.29 is 4.74 Å². The van der Waals surface area contributed by atoms with E-state index in [1.165, 1.54) is 18.4 Å². The first kappa shape index (κ1) is 20.9. The molecule has 3 heterocycles. The molecule has 2 fully saturated rings. The molecule has 8 heteroatoms. The smallest absolute Gasteiger partial charge is 0.213 e. The summed E-state index contributed by atoms with van der Waals surface area (Å²) in [6, 6.07) is 4.04. The Kier molecular flexibility index (Phi) is 7.14. The number of aromatic nitrogens is 3. The third kappa shape index (κ3) is 5.36. The second-order valence-electron chi connectivity index (χ2n) is 7.54. The molecule has 0 aromatic carbocycles. The topological polar surface area (TPSA) is 67.6 Å². The van der Waals surface area contributed by atoms with Crippen LogP contribution in [0.5, 0.6) is 5.88 Å². The van der Waals surface area contributed by atoms with E-state index in [4.69, 9.17) is 4.74 Å². The van der Waals surface area contributed by atoms with E-state index >= 15 is 0 Å². The van der Waals surface area contributed by atoms with Crippen LogP contribution in [-0.2, 0) is 13.6 Å². The van der Waals surface area contributed by atoms with E-state index in [9.17, 15) is 0 Å². The molecule has 152 valence electrons. The molecule has 1 saturated carbocycles. The highest BCUT2D eigenvalue weighted by Crippen LogP contribution is 2.29. The van der Waals surface area contributed by atoms with Gasteiger partial charge >= 0.3 is 0 Å². The molecule has 0 spiro atoms. The number of nitrogens with zero attached hydrogens (tertiary/aromatic N) is 5. The number of likely N-dealkylation sites (tertiary alicyclic amines) is 1. The minimum atomic E-state index is 0. The Morgan fingerprint density at radius 3 is 2.93 bits per heavy atom.